The van der Waals surface area contributed by atoms with Crippen LogP contribution in [0.4, 0.5) is 27.4 Å². The van der Waals surface area contributed by atoms with E-state index < -0.39 is 5.82 Å². The number of aryl methyl sites for hydroxylation is 1. The molecule has 0 unspecified atom stereocenters. The highest BCUT2D eigenvalue weighted by Gasteiger charge is 2.37. The van der Waals surface area contributed by atoms with Crippen molar-refractivity contribution in [1.29, 1.82) is 0 Å². The number of aromatic nitrogens is 4. The lowest BCUT2D eigenvalue weighted by Gasteiger charge is -2.42. The first-order valence-electron chi connectivity index (χ1n) is 11.7. The minimum atomic E-state index is -0.469. The third kappa shape index (κ3) is 3.59. The van der Waals surface area contributed by atoms with E-state index in [1.165, 1.54) is 11.0 Å². The molecule has 34 heavy (non-hydrogen) atoms. The van der Waals surface area contributed by atoms with Gasteiger partial charge in [-0.1, -0.05) is 0 Å². The quantitative estimate of drug-likeness (QED) is 0.599. The molecule has 2 aromatic heterocycles. The van der Waals surface area contributed by atoms with Crippen LogP contribution in [0.25, 0.3) is 11.3 Å². The van der Waals surface area contributed by atoms with Gasteiger partial charge in [-0.05, 0) is 58.7 Å². The molecule has 0 spiro atoms. The Hall–Kier alpha value is -3.49. The summed E-state index contributed by atoms with van der Waals surface area (Å²) in [4.78, 5) is 25.2. The lowest BCUT2D eigenvalue weighted by molar-refractivity contribution is -0.119. The number of amides is 1. The van der Waals surface area contributed by atoms with Gasteiger partial charge in [0.1, 0.15) is 11.7 Å². The largest absolute Gasteiger partial charge is 0.356 e. The number of anilines is 4. The van der Waals surface area contributed by atoms with E-state index >= 15 is 4.39 Å². The molecule has 1 N–H and O–H groups in total. The van der Waals surface area contributed by atoms with Crippen molar-refractivity contribution in [3.05, 3.63) is 41.6 Å². The molecule has 0 radical (unpaired) electrons. The summed E-state index contributed by atoms with van der Waals surface area (Å²) in [5.74, 6) is 0.268. The average Bonchev–Trinajstić information content (AvgIpc) is 3.57. The number of rotatable bonds is 5. The smallest absolute Gasteiger partial charge is 0.249 e. The number of hydrogen-bond acceptors (Lipinski definition) is 6. The van der Waals surface area contributed by atoms with Gasteiger partial charge in [0.05, 0.1) is 17.1 Å². The number of nitrogens with one attached hydrogen (secondary N) is 1. The Morgan fingerprint density at radius 1 is 1.21 bits per heavy atom. The van der Waals surface area contributed by atoms with Crippen LogP contribution in [-0.4, -0.2) is 44.8 Å². The molecule has 2 aliphatic rings. The van der Waals surface area contributed by atoms with Gasteiger partial charge in [-0.25, -0.2) is 14.4 Å². The van der Waals surface area contributed by atoms with E-state index in [9.17, 15) is 4.79 Å². The van der Waals surface area contributed by atoms with E-state index in [0.29, 0.717) is 23.2 Å². The topological polar surface area (TPSA) is 79.2 Å². The molecule has 3 aromatic rings. The van der Waals surface area contributed by atoms with Gasteiger partial charge in [0.25, 0.3) is 0 Å². The molecule has 1 atom stereocenters. The molecular weight excluding hydrogens is 433 g/mol. The molecule has 3 heterocycles. The van der Waals surface area contributed by atoms with Crippen LogP contribution in [0.2, 0.25) is 0 Å². The maximum absolute atomic E-state index is 15.3. The highest BCUT2D eigenvalue weighted by atomic mass is 19.1. The van der Waals surface area contributed by atoms with Crippen LogP contribution in [0.1, 0.15) is 50.9 Å². The molecule has 9 heteroatoms. The number of nitrogens with zero attached hydrogens (tertiary/aromatic N) is 6. The molecular formula is C25H30FN7O. The van der Waals surface area contributed by atoms with Crippen LogP contribution in [0.3, 0.4) is 0 Å². The lowest BCUT2D eigenvalue weighted by Crippen LogP contribution is -2.53. The molecule has 1 aromatic carbocycles. The van der Waals surface area contributed by atoms with Crippen LogP contribution in [0, 0.1) is 12.7 Å². The van der Waals surface area contributed by atoms with Crippen molar-refractivity contribution in [1.82, 2.24) is 19.7 Å². The normalized spacial score (nSPS) is 18.0. The minimum absolute atomic E-state index is 0.0232. The van der Waals surface area contributed by atoms with E-state index in [1.54, 1.807) is 13.2 Å². The highest BCUT2D eigenvalue weighted by molar-refractivity contribution is 6.05. The lowest BCUT2D eigenvalue weighted by atomic mass is 10.0. The minimum Gasteiger partial charge on any atom is -0.356 e. The Labute approximate surface area is 198 Å². The second-order valence-electron chi connectivity index (χ2n) is 9.53. The predicted octanol–water partition coefficient (Wildman–Crippen LogP) is 4.53. The molecule has 1 fully saturated rings. The molecule has 5 rings (SSSR count). The van der Waals surface area contributed by atoms with Gasteiger partial charge in [0.2, 0.25) is 11.9 Å². The first-order chi connectivity index (χ1) is 16.2. The van der Waals surface area contributed by atoms with Crippen LogP contribution in [-0.2, 0) is 11.8 Å². The zero-order valence-corrected chi connectivity index (χ0v) is 20.4. The Morgan fingerprint density at radius 3 is 2.62 bits per heavy atom. The number of fused-ring (bicyclic) bond motifs is 1. The van der Waals surface area contributed by atoms with Gasteiger partial charge in [0, 0.05) is 49.2 Å². The Balaban J connectivity index is 1.53. The second kappa shape index (κ2) is 8.07. The van der Waals surface area contributed by atoms with Crippen LogP contribution >= 0.6 is 0 Å². The van der Waals surface area contributed by atoms with Crippen molar-refractivity contribution in [3.8, 4) is 11.3 Å². The summed E-state index contributed by atoms with van der Waals surface area (Å²) in [6, 6.07) is 4.77. The Bertz CT molecular complexity index is 1280. The molecule has 1 aliphatic carbocycles. The van der Waals surface area contributed by atoms with Crippen molar-refractivity contribution in [3.63, 3.8) is 0 Å². The van der Waals surface area contributed by atoms with Gasteiger partial charge >= 0.3 is 0 Å². The average molecular weight is 464 g/mol. The molecule has 0 saturated heterocycles. The maximum Gasteiger partial charge on any atom is 0.249 e. The Morgan fingerprint density at radius 2 is 1.94 bits per heavy atom. The summed E-state index contributed by atoms with van der Waals surface area (Å²) in [5, 5.41) is 7.89. The summed E-state index contributed by atoms with van der Waals surface area (Å²) in [7, 11) is 3.57. The van der Waals surface area contributed by atoms with Crippen molar-refractivity contribution in [2.45, 2.75) is 58.5 Å². The number of carbonyl (C=O) groups excluding carboxylic acids is 1. The standard InChI is InChI=1S/C25H30FN7O/c1-13(2)33-15(4)24(34)31(5)23-18(26)11-17(12-20(23)33)28-25-27-10-9-19(29-25)21-14(3)32(6)30-22(21)16-7-8-16/h9-13,15-16H,7-8H2,1-6H3,(H,27,28,29)/t15-/m1/s1. The van der Waals surface area contributed by atoms with Crippen molar-refractivity contribution in [2.24, 2.45) is 7.05 Å². The summed E-state index contributed by atoms with van der Waals surface area (Å²) in [5.41, 5.74) is 5.47. The zero-order valence-electron chi connectivity index (χ0n) is 20.4. The fourth-order valence-corrected chi connectivity index (χ4v) is 4.91. The third-order valence-corrected chi connectivity index (χ3v) is 6.81. The fraction of sp³-hybridized carbons (Fsp3) is 0.440. The van der Waals surface area contributed by atoms with Crippen LogP contribution in [0.15, 0.2) is 24.4 Å². The molecule has 1 amide bonds. The van der Waals surface area contributed by atoms with Gasteiger partial charge in [-0.2, -0.15) is 5.10 Å². The van der Waals surface area contributed by atoms with Gasteiger partial charge in [-0.3, -0.25) is 9.48 Å². The number of benzene rings is 1. The van der Waals surface area contributed by atoms with Crippen LogP contribution < -0.4 is 15.1 Å². The van der Waals surface area contributed by atoms with Crippen LogP contribution in [0.5, 0.6) is 0 Å². The SMILES string of the molecule is Cc1c(-c2ccnc(Nc3cc(F)c4c(c3)N(C(C)C)[C@H](C)C(=O)N4C)n2)c(C2CC2)nn1C. The van der Waals surface area contributed by atoms with Crippen molar-refractivity contribution >= 4 is 28.9 Å². The summed E-state index contributed by atoms with van der Waals surface area (Å²) in [6.45, 7) is 7.89. The number of halogens is 1. The monoisotopic (exact) mass is 463 g/mol. The summed E-state index contributed by atoms with van der Waals surface area (Å²) in [6.07, 6.45) is 4.00. The molecule has 1 saturated carbocycles. The van der Waals surface area contributed by atoms with Gasteiger partial charge in [-0.15, -0.1) is 0 Å². The van der Waals surface area contributed by atoms with Crippen molar-refractivity contribution in [2.75, 3.05) is 22.2 Å². The molecule has 1 aliphatic heterocycles. The summed E-state index contributed by atoms with van der Waals surface area (Å²) >= 11 is 0. The third-order valence-electron chi connectivity index (χ3n) is 6.81. The number of likely N-dealkylation sites (N-methyl/N-ethyl adjacent to an activating group) is 1. The first-order valence-corrected chi connectivity index (χ1v) is 11.7. The molecule has 178 valence electrons. The van der Waals surface area contributed by atoms with E-state index in [1.807, 2.05) is 56.5 Å². The molecule has 8 nitrogen and oxygen atoms in total. The zero-order chi connectivity index (χ0) is 24.3. The van der Waals surface area contributed by atoms with E-state index in [2.05, 4.69) is 10.3 Å². The summed E-state index contributed by atoms with van der Waals surface area (Å²) < 4.78 is 17.2. The fourth-order valence-electron chi connectivity index (χ4n) is 4.91. The maximum atomic E-state index is 15.3. The Kier molecular flexibility index (Phi) is 5.30. The van der Waals surface area contributed by atoms with E-state index in [-0.39, 0.29) is 23.7 Å². The number of carbonyl (C=O) groups is 1. The van der Waals surface area contributed by atoms with Gasteiger partial charge < -0.3 is 15.1 Å². The number of hydrogen-bond donors (Lipinski definition) is 1. The first kappa shape index (κ1) is 22.3. The van der Waals surface area contributed by atoms with Gasteiger partial charge in [0.15, 0.2) is 5.82 Å². The highest BCUT2D eigenvalue weighted by Crippen LogP contribution is 2.45. The van der Waals surface area contributed by atoms with E-state index in [0.717, 1.165) is 35.5 Å². The molecule has 0 bridgehead atoms. The van der Waals surface area contributed by atoms with E-state index in [4.69, 9.17) is 10.1 Å². The second-order valence-corrected chi connectivity index (χ2v) is 9.53. The van der Waals surface area contributed by atoms with Crippen molar-refractivity contribution < 1.29 is 9.18 Å². The predicted molar refractivity (Wildman–Crippen MR) is 131 cm³/mol.